The first kappa shape index (κ1) is 19.8. The predicted octanol–water partition coefficient (Wildman–Crippen LogP) is 2.85. The molecule has 0 aliphatic heterocycles. The first-order valence-electron chi connectivity index (χ1n) is 9.36. The minimum absolute atomic E-state index is 0.0591. The molecule has 1 saturated carbocycles. The summed E-state index contributed by atoms with van der Waals surface area (Å²) in [6.07, 6.45) is 4.35. The zero-order valence-electron chi connectivity index (χ0n) is 15.9. The Morgan fingerprint density at radius 2 is 2.28 bits per heavy atom. The number of aliphatic imine (C=N–C) groups is 1. The van der Waals surface area contributed by atoms with Gasteiger partial charge in [-0.2, -0.15) is 0 Å². The van der Waals surface area contributed by atoms with Gasteiger partial charge in [0.2, 0.25) is 0 Å². The number of hydrogen-bond acceptors (Lipinski definition) is 4. The Morgan fingerprint density at radius 3 is 2.88 bits per heavy atom. The number of hydrogen-bond donors (Lipinski definition) is 3. The third kappa shape index (κ3) is 5.22. The minimum atomic E-state index is -0.731. The number of unbranched alkanes of at least 4 members (excludes halogenated alkanes) is 1. The van der Waals surface area contributed by atoms with Crippen molar-refractivity contribution < 1.29 is 14.3 Å². The van der Waals surface area contributed by atoms with Crippen molar-refractivity contribution >= 4 is 5.96 Å². The fourth-order valence-electron chi connectivity index (χ4n) is 3.02. The van der Waals surface area contributed by atoms with Gasteiger partial charge in [-0.05, 0) is 31.9 Å². The summed E-state index contributed by atoms with van der Waals surface area (Å²) in [4.78, 5) is 4.50. The van der Waals surface area contributed by atoms with Crippen molar-refractivity contribution in [2.45, 2.75) is 65.2 Å². The fraction of sp³-hybridized carbons (Fsp3) is 0.737. The Hall–Kier alpha value is -1.53. The van der Waals surface area contributed by atoms with Crippen LogP contribution in [0.3, 0.4) is 0 Å². The average Bonchev–Trinajstić information content (AvgIpc) is 3.12. The average molecular weight is 351 g/mol. The number of rotatable bonds is 9. The molecule has 0 amide bonds. The maximum Gasteiger partial charge on any atom is 0.191 e. The Kier molecular flexibility index (Phi) is 7.32. The molecule has 25 heavy (non-hydrogen) atoms. The zero-order chi connectivity index (χ0) is 18.3. The molecule has 1 aromatic rings. The van der Waals surface area contributed by atoms with Crippen molar-refractivity contribution in [3.05, 3.63) is 24.2 Å². The Labute approximate surface area is 151 Å². The van der Waals surface area contributed by atoms with E-state index in [1.165, 1.54) is 0 Å². The number of aliphatic hydroxyl groups excluding tert-OH is 1. The molecule has 1 aliphatic carbocycles. The fourth-order valence-corrected chi connectivity index (χ4v) is 3.02. The standard InChI is InChI=1S/C19H33N3O3/c1-5-7-10-25-17-12-16(19(17,3)4)22-18(20-6-2)21-13-14(23)15-9-8-11-24-15/h8-9,11,14,16-17,23H,5-7,10,12-13H2,1-4H3,(H2,20,21,22). The molecule has 0 bridgehead atoms. The van der Waals surface area contributed by atoms with E-state index in [9.17, 15) is 5.11 Å². The minimum Gasteiger partial charge on any atom is -0.467 e. The lowest BCUT2D eigenvalue weighted by molar-refractivity contribution is -0.113. The van der Waals surface area contributed by atoms with E-state index in [1.54, 1.807) is 18.4 Å². The molecule has 3 atom stereocenters. The molecule has 6 nitrogen and oxygen atoms in total. The van der Waals surface area contributed by atoms with Crippen LogP contribution in [0.1, 0.15) is 58.8 Å². The molecule has 0 saturated heterocycles. The number of guanidine groups is 1. The van der Waals surface area contributed by atoms with E-state index >= 15 is 0 Å². The van der Waals surface area contributed by atoms with Crippen molar-refractivity contribution in [2.24, 2.45) is 10.4 Å². The maximum absolute atomic E-state index is 10.1. The van der Waals surface area contributed by atoms with Gasteiger partial charge in [0.15, 0.2) is 5.96 Å². The van der Waals surface area contributed by atoms with Gasteiger partial charge in [-0.1, -0.05) is 27.2 Å². The molecule has 0 aromatic carbocycles. The number of nitrogens with zero attached hydrogens (tertiary/aromatic N) is 1. The summed E-state index contributed by atoms with van der Waals surface area (Å²) >= 11 is 0. The number of furan rings is 1. The Morgan fingerprint density at radius 1 is 1.48 bits per heavy atom. The van der Waals surface area contributed by atoms with Gasteiger partial charge in [-0.3, -0.25) is 4.99 Å². The molecule has 6 heteroatoms. The highest BCUT2D eigenvalue weighted by atomic mass is 16.5. The molecular weight excluding hydrogens is 318 g/mol. The molecule has 1 aromatic heterocycles. The predicted molar refractivity (Wildman–Crippen MR) is 99.6 cm³/mol. The van der Waals surface area contributed by atoms with Crippen LogP contribution in [0.4, 0.5) is 0 Å². The van der Waals surface area contributed by atoms with Crippen LogP contribution in [-0.2, 0) is 4.74 Å². The van der Waals surface area contributed by atoms with Crippen molar-refractivity contribution in [1.29, 1.82) is 0 Å². The molecule has 0 spiro atoms. The van der Waals surface area contributed by atoms with Crippen LogP contribution in [-0.4, -0.2) is 42.9 Å². The van der Waals surface area contributed by atoms with Gasteiger partial charge >= 0.3 is 0 Å². The molecular formula is C19H33N3O3. The van der Waals surface area contributed by atoms with E-state index < -0.39 is 6.10 Å². The van der Waals surface area contributed by atoms with Gasteiger partial charge in [0.05, 0.1) is 18.9 Å². The summed E-state index contributed by atoms with van der Waals surface area (Å²) in [6, 6.07) is 3.83. The molecule has 1 heterocycles. The lowest BCUT2D eigenvalue weighted by Crippen LogP contribution is -2.63. The first-order valence-corrected chi connectivity index (χ1v) is 9.36. The van der Waals surface area contributed by atoms with Crippen LogP contribution >= 0.6 is 0 Å². The maximum atomic E-state index is 10.1. The Balaban J connectivity index is 1.87. The van der Waals surface area contributed by atoms with Crippen LogP contribution < -0.4 is 10.6 Å². The summed E-state index contributed by atoms with van der Waals surface area (Å²) in [6.45, 7) is 10.5. The van der Waals surface area contributed by atoms with Gasteiger partial charge in [-0.25, -0.2) is 0 Å². The van der Waals surface area contributed by atoms with Gasteiger partial charge in [0.25, 0.3) is 0 Å². The lowest BCUT2D eigenvalue weighted by atomic mass is 9.64. The van der Waals surface area contributed by atoms with Crippen LogP contribution in [0.25, 0.3) is 0 Å². The largest absolute Gasteiger partial charge is 0.467 e. The molecule has 3 N–H and O–H groups in total. The normalized spacial score (nSPS) is 23.8. The van der Waals surface area contributed by atoms with Crippen LogP contribution in [0.2, 0.25) is 0 Å². The van der Waals surface area contributed by atoms with Gasteiger partial charge in [-0.15, -0.1) is 0 Å². The summed E-state index contributed by atoms with van der Waals surface area (Å²) in [5.41, 5.74) is 0.0591. The number of nitrogens with one attached hydrogen (secondary N) is 2. The van der Waals surface area contributed by atoms with Gasteiger partial charge in [0.1, 0.15) is 11.9 Å². The molecule has 1 fully saturated rings. The second kappa shape index (κ2) is 9.25. The SMILES string of the molecule is CCCCOC1CC(NC(=NCC(O)c2ccco2)NCC)C1(C)C. The van der Waals surface area contributed by atoms with Crippen molar-refractivity contribution in [3.63, 3.8) is 0 Å². The topological polar surface area (TPSA) is 79.0 Å². The summed E-state index contributed by atoms with van der Waals surface area (Å²) in [7, 11) is 0. The van der Waals surface area contributed by atoms with Crippen LogP contribution in [0.15, 0.2) is 27.8 Å². The van der Waals surface area contributed by atoms with Crippen molar-refractivity contribution in [1.82, 2.24) is 10.6 Å². The highest BCUT2D eigenvalue weighted by Crippen LogP contribution is 2.42. The highest BCUT2D eigenvalue weighted by molar-refractivity contribution is 5.80. The third-order valence-electron chi connectivity index (χ3n) is 4.94. The lowest BCUT2D eigenvalue weighted by Gasteiger charge is -2.52. The summed E-state index contributed by atoms with van der Waals surface area (Å²) in [5, 5.41) is 16.8. The van der Waals surface area contributed by atoms with E-state index in [-0.39, 0.29) is 18.1 Å². The third-order valence-corrected chi connectivity index (χ3v) is 4.94. The second-order valence-corrected chi connectivity index (χ2v) is 7.22. The van der Waals surface area contributed by atoms with E-state index in [4.69, 9.17) is 9.15 Å². The van der Waals surface area contributed by atoms with E-state index in [2.05, 4.69) is 36.4 Å². The Bertz CT molecular complexity index is 528. The number of ether oxygens (including phenoxy) is 1. The van der Waals surface area contributed by atoms with Crippen molar-refractivity contribution in [2.75, 3.05) is 19.7 Å². The van der Waals surface area contributed by atoms with Crippen molar-refractivity contribution in [3.8, 4) is 0 Å². The van der Waals surface area contributed by atoms with E-state index in [0.29, 0.717) is 11.8 Å². The molecule has 142 valence electrons. The monoisotopic (exact) mass is 351 g/mol. The molecule has 1 aliphatic rings. The van der Waals surface area contributed by atoms with Gasteiger partial charge in [0, 0.05) is 24.6 Å². The second-order valence-electron chi connectivity index (χ2n) is 7.22. The zero-order valence-corrected chi connectivity index (χ0v) is 15.9. The smallest absolute Gasteiger partial charge is 0.191 e. The first-order chi connectivity index (χ1) is 12.0. The van der Waals surface area contributed by atoms with E-state index in [1.807, 2.05) is 6.92 Å². The van der Waals surface area contributed by atoms with Gasteiger partial charge < -0.3 is 24.9 Å². The summed E-state index contributed by atoms with van der Waals surface area (Å²) < 4.78 is 11.2. The summed E-state index contributed by atoms with van der Waals surface area (Å²) in [5.74, 6) is 1.26. The highest BCUT2D eigenvalue weighted by Gasteiger charge is 2.49. The molecule has 0 radical (unpaired) electrons. The quantitative estimate of drug-likeness (QED) is 0.362. The van der Waals surface area contributed by atoms with Crippen LogP contribution in [0.5, 0.6) is 0 Å². The molecule has 2 rings (SSSR count). The van der Waals surface area contributed by atoms with E-state index in [0.717, 1.165) is 38.4 Å². The number of aliphatic hydroxyl groups is 1. The van der Waals surface area contributed by atoms with Crippen LogP contribution in [0, 0.1) is 5.41 Å². The molecule has 3 unspecified atom stereocenters.